The molecule has 4 rings (SSSR count). The highest BCUT2D eigenvalue weighted by Gasteiger charge is 2.45. The van der Waals surface area contributed by atoms with E-state index in [1.165, 1.54) is 7.11 Å². The number of aliphatic imine (C=N–C) groups is 1. The topological polar surface area (TPSA) is 158 Å². The number of ether oxygens (including phenoxy) is 3. The summed E-state index contributed by atoms with van der Waals surface area (Å²) in [5.41, 5.74) is 0.959. The van der Waals surface area contributed by atoms with Gasteiger partial charge in [-0.05, 0) is 24.3 Å². The molecule has 11 heteroatoms. The van der Waals surface area contributed by atoms with Gasteiger partial charge in [-0.15, -0.1) is 0 Å². The Balaban J connectivity index is 1.66. The van der Waals surface area contributed by atoms with Crippen LogP contribution in [0.5, 0.6) is 5.75 Å². The van der Waals surface area contributed by atoms with Gasteiger partial charge < -0.3 is 39.7 Å². The molecule has 0 saturated carbocycles. The Labute approximate surface area is 210 Å². The molecule has 2 heterocycles. The van der Waals surface area contributed by atoms with Gasteiger partial charge in [0, 0.05) is 5.56 Å². The lowest BCUT2D eigenvalue weighted by molar-refractivity contribution is -0.277. The SMILES string of the molecule is COC(=O)C1=C(O)/C(=C/c2ccccc2O[C@@H]2O[C@H](CO)[C@H](O)[C@H](O)[C@H]2O)SC1=Nc1ccccc1. The van der Waals surface area contributed by atoms with E-state index < -0.39 is 43.3 Å². The lowest BCUT2D eigenvalue weighted by atomic mass is 9.99. The van der Waals surface area contributed by atoms with Crippen LogP contribution in [0.2, 0.25) is 0 Å². The third kappa shape index (κ3) is 5.31. The molecular formula is C25H25NO9S. The molecule has 0 unspecified atom stereocenters. The standard InChI is InChI=1S/C25H25NO9S/c1-33-24(32)18-20(29)17(36-23(18)26-14-8-3-2-4-9-14)11-13-7-5-6-10-15(13)34-25-22(31)21(30)19(28)16(12-27)35-25/h2-11,16,19,21-22,25,27-31H,12H2,1H3/b17-11-,26-23?/t16-,19+,21+,22-,25-/m1/s1. The van der Waals surface area contributed by atoms with E-state index in [2.05, 4.69) is 4.99 Å². The number of aliphatic hydroxyl groups is 5. The Morgan fingerprint density at radius 2 is 1.75 bits per heavy atom. The van der Waals surface area contributed by atoms with E-state index in [-0.39, 0.29) is 22.1 Å². The van der Waals surface area contributed by atoms with Gasteiger partial charge in [0.1, 0.15) is 46.5 Å². The molecule has 0 amide bonds. The summed E-state index contributed by atoms with van der Waals surface area (Å²) in [5.74, 6) is -0.844. The van der Waals surface area contributed by atoms with E-state index in [0.29, 0.717) is 16.2 Å². The second-order valence-electron chi connectivity index (χ2n) is 7.93. The van der Waals surface area contributed by atoms with Gasteiger partial charge in [0.05, 0.1) is 24.3 Å². The van der Waals surface area contributed by atoms with Crippen molar-refractivity contribution in [3.63, 3.8) is 0 Å². The molecule has 2 aliphatic heterocycles. The monoisotopic (exact) mass is 515 g/mol. The highest BCUT2D eigenvalue weighted by atomic mass is 32.2. The van der Waals surface area contributed by atoms with Crippen molar-refractivity contribution in [2.75, 3.05) is 13.7 Å². The van der Waals surface area contributed by atoms with Gasteiger partial charge in [0.15, 0.2) is 0 Å². The Bertz CT molecular complexity index is 1200. The van der Waals surface area contributed by atoms with Gasteiger partial charge in [-0.1, -0.05) is 48.2 Å². The third-order valence-corrected chi connectivity index (χ3v) is 6.58. The number of rotatable bonds is 6. The van der Waals surface area contributed by atoms with E-state index in [0.717, 1.165) is 11.8 Å². The summed E-state index contributed by atoms with van der Waals surface area (Å²) in [5, 5.41) is 50.9. The van der Waals surface area contributed by atoms with Gasteiger partial charge in [0.25, 0.3) is 0 Å². The van der Waals surface area contributed by atoms with Crippen molar-refractivity contribution in [1.29, 1.82) is 0 Å². The molecule has 2 aromatic rings. The summed E-state index contributed by atoms with van der Waals surface area (Å²) in [7, 11) is 1.21. The minimum Gasteiger partial charge on any atom is -0.506 e. The van der Waals surface area contributed by atoms with Crippen molar-refractivity contribution in [2.45, 2.75) is 30.7 Å². The number of para-hydroxylation sites is 2. The zero-order valence-electron chi connectivity index (χ0n) is 19.1. The van der Waals surface area contributed by atoms with Crippen LogP contribution in [0.15, 0.2) is 75.8 Å². The smallest absolute Gasteiger partial charge is 0.344 e. The maximum absolute atomic E-state index is 12.4. The van der Waals surface area contributed by atoms with Crippen molar-refractivity contribution in [3.05, 3.63) is 76.4 Å². The molecule has 0 aromatic heterocycles. The first-order valence-corrected chi connectivity index (χ1v) is 11.8. The molecule has 5 atom stereocenters. The molecule has 0 spiro atoms. The number of hydrogen-bond acceptors (Lipinski definition) is 11. The molecule has 190 valence electrons. The van der Waals surface area contributed by atoms with E-state index >= 15 is 0 Å². The van der Waals surface area contributed by atoms with Crippen molar-refractivity contribution in [3.8, 4) is 5.75 Å². The van der Waals surface area contributed by atoms with Gasteiger partial charge in [-0.25, -0.2) is 9.79 Å². The Hall–Kier alpha value is -3.19. The van der Waals surface area contributed by atoms with Gasteiger partial charge in [0.2, 0.25) is 6.29 Å². The lowest BCUT2D eigenvalue weighted by Crippen LogP contribution is -2.60. The summed E-state index contributed by atoms with van der Waals surface area (Å²) in [6.07, 6.45) is -5.65. The minimum absolute atomic E-state index is 0.0788. The number of hydrogen-bond donors (Lipinski definition) is 5. The molecule has 0 aliphatic carbocycles. The van der Waals surface area contributed by atoms with Crippen molar-refractivity contribution >= 4 is 34.5 Å². The van der Waals surface area contributed by atoms with Gasteiger partial charge >= 0.3 is 5.97 Å². The first-order chi connectivity index (χ1) is 17.3. The fourth-order valence-corrected chi connectivity index (χ4v) is 4.67. The summed E-state index contributed by atoms with van der Waals surface area (Å²) >= 11 is 1.06. The van der Waals surface area contributed by atoms with E-state index in [1.54, 1.807) is 54.6 Å². The summed E-state index contributed by atoms with van der Waals surface area (Å²) in [6.45, 7) is -0.592. The molecule has 2 aliphatic rings. The number of carbonyl (C=O) groups excluding carboxylic acids is 1. The van der Waals surface area contributed by atoms with Gasteiger partial charge in [-0.3, -0.25) is 0 Å². The Morgan fingerprint density at radius 1 is 1.06 bits per heavy atom. The average Bonchev–Trinajstić information content (AvgIpc) is 3.19. The lowest BCUT2D eigenvalue weighted by Gasteiger charge is -2.39. The number of methoxy groups -OCH3 is 1. The highest BCUT2D eigenvalue weighted by molar-refractivity contribution is 8.18. The molecule has 5 N–H and O–H groups in total. The summed E-state index contributed by atoms with van der Waals surface area (Å²) in [4.78, 5) is 17.2. The van der Waals surface area contributed by atoms with Crippen LogP contribution >= 0.6 is 11.8 Å². The molecule has 1 saturated heterocycles. The zero-order chi connectivity index (χ0) is 25.8. The number of benzene rings is 2. The van der Waals surface area contributed by atoms with Crippen LogP contribution in [0, 0.1) is 0 Å². The van der Waals surface area contributed by atoms with Crippen LogP contribution in [0.4, 0.5) is 5.69 Å². The summed E-state index contributed by atoms with van der Waals surface area (Å²) in [6, 6.07) is 15.6. The predicted octanol–water partition coefficient (Wildman–Crippen LogP) is 1.67. The average molecular weight is 516 g/mol. The normalized spacial score (nSPS) is 28.5. The molecule has 0 bridgehead atoms. The predicted molar refractivity (Wildman–Crippen MR) is 132 cm³/mol. The molecule has 2 aromatic carbocycles. The molecular weight excluding hydrogens is 490 g/mol. The van der Waals surface area contributed by atoms with Crippen LogP contribution in [-0.2, 0) is 14.3 Å². The van der Waals surface area contributed by atoms with Crippen LogP contribution < -0.4 is 4.74 Å². The molecule has 0 radical (unpaired) electrons. The minimum atomic E-state index is -1.59. The number of esters is 1. The largest absolute Gasteiger partial charge is 0.506 e. The van der Waals surface area contributed by atoms with Crippen molar-refractivity contribution in [2.24, 2.45) is 4.99 Å². The molecule has 10 nitrogen and oxygen atoms in total. The first kappa shape index (κ1) is 25.9. The summed E-state index contributed by atoms with van der Waals surface area (Å²) < 4.78 is 16.0. The fourth-order valence-electron chi connectivity index (χ4n) is 3.65. The Morgan fingerprint density at radius 3 is 2.44 bits per heavy atom. The highest BCUT2D eigenvalue weighted by Crippen LogP contribution is 2.41. The maximum atomic E-state index is 12.4. The van der Waals surface area contributed by atoms with E-state index in [9.17, 15) is 30.3 Å². The number of thioether (sulfide) groups is 1. The number of aliphatic hydroxyl groups excluding tert-OH is 5. The second kappa shape index (κ2) is 11.2. The Kier molecular flexibility index (Phi) is 8.09. The first-order valence-electron chi connectivity index (χ1n) is 11.0. The van der Waals surface area contributed by atoms with Crippen LogP contribution in [0.3, 0.4) is 0 Å². The molecule has 1 fully saturated rings. The van der Waals surface area contributed by atoms with E-state index in [1.807, 2.05) is 6.07 Å². The van der Waals surface area contributed by atoms with Crippen molar-refractivity contribution < 1.29 is 44.5 Å². The third-order valence-electron chi connectivity index (χ3n) is 5.56. The van der Waals surface area contributed by atoms with Crippen molar-refractivity contribution in [1.82, 2.24) is 0 Å². The van der Waals surface area contributed by atoms with Crippen LogP contribution in [0.25, 0.3) is 6.08 Å². The van der Waals surface area contributed by atoms with E-state index in [4.69, 9.17) is 14.2 Å². The molecule has 36 heavy (non-hydrogen) atoms. The van der Waals surface area contributed by atoms with Gasteiger partial charge in [-0.2, -0.15) is 0 Å². The maximum Gasteiger partial charge on any atom is 0.344 e. The quantitative estimate of drug-likeness (QED) is 0.358. The fraction of sp³-hybridized carbons (Fsp3) is 0.280. The van der Waals surface area contributed by atoms with Crippen LogP contribution in [0.1, 0.15) is 5.56 Å². The second-order valence-corrected chi connectivity index (χ2v) is 8.96. The number of carbonyl (C=O) groups is 1. The number of nitrogens with zero attached hydrogens (tertiary/aromatic N) is 1. The van der Waals surface area contributed by atoms with Crippen LogP contribution in [-0.4, -0.2) is 81.0 Å². The zero-order valence-corrected chi connectivity index (χ0v) is 19.9.